The van der Waals surface area contributed by atoms with Gasteiger partial charge in [0, 0.05) is 39.0 Å². The van der Waals surface area contributed by atoms with Crippen LogP contribution < -0.4 is 13.8 Å². The van der Waals surface area contributed by atoms with Gasteiger partial charge in [0.1, 0.15) is 18.2 Å². The van der Waals surface area contributed by atoms with E-state index in [0.717, 1.165) is 23.4 Å². The number of carbonyl (C=O) groups is 4. The van der Waals surface area contributed by atoms with E-state index in [1.54, 1.807) is 20.8 Å². The number of sulfonamides is 1. The molecular weight excluding hydrogens is 841 g/mol. The lowest BCUT2D eigenvalue weighted by Crippen LogP contribution is -2.44. The molecule has 320 valence electrons. The average Bonchev–Trinajstić information content (AvgIpc) is 3.95. The van der Waals surface area contributed by atoms with E-state index in [0.29, 0.717) is 10.5 Å². The van der Waals surface area contributed by atoms with Gasteiger partial charge in [-0.15, -0.1) is 0 Å². The molecule has 59 heavy (non-hydrogen) atoms. The molecule has 1 unspecified atom stereocenters. The zero-order valence-corrected chi connectivity index (χ0v) is 35.2. The Morgan fingerprint density at radius 1 is 0.966 bits per heavy atom. The Labute approximate surface area is 350 Å². The third-order valence-corrected chi connectivity index (χ3v) is 10.9. The average molecular weight is 886 g/mol. The molecule has 20 heteroatoms. The summed E-state index contributed by atoms with van der Waals surface area (Å²) in [6.45, 7) is 1.23. The van der Waals surface area contributed by atoms with Crippen LogP contribution >= 0.6 is 23.2 Å². The molecule has 0 N–H and O–H groups in total. The van der Waals surface area contributed by atoms with Gasteiger partial charge < -0.3 is 28.6 Å². The number of pyridine rings is 1. The lowest BCUT2D eigenvalue weighted by atomic mass is 10.0. The third kappa shape index (κ3) is 12.1. The number of fused-ring (bicyclic) bond motifs is 1. The number of carbonyl (C=O) groups excluding carboxylic acids is 4. The molecule has 3 aromatic rings. The molecule has 1 saturated carbocycles. The fraction of sp³-hybridized carbons (Fsp3) is 0.462. The number of aromatic nitrogens is 1. The molecule has 1 fully saturated rings. The van der Waals surface area contributed by atoms with E-state index >= 15 is 0 Å². The van der Waals surface area contributed by atoms with Crippen LogP contribution in [0.4, 0.5) is 19.3 Å². The second-order valence-electron chi connectivity index (χ2n) is 14.8. The molecule has 0 spiro atoms. The number of rotatable bonds is 19. The summed E-state index contributed by atoms with van der Waals surface area (Å²) < 4.78 is 80.5. The highest BCUT2D eigenvalue weighted by atomic mass is 35.5. The first-order chi connectivity index (χ1) is 27.7. The van der Waals surface area contributed by atoms with Crippen LogP contribution in [0.1, 0.15) is 71.6 Å². The van der Waals surface area contributed by atoms with Crippen LogP contribution in [0.15, 0.2) is 48.8 Å². The van der Waals surface area contributed by atoms with Gasteiger partial charge in [-0.3, -0.25) is 28.6 Å². The molecule has 1 atom stereocenters. The van der Waals surface area contributed by atoms with E-state index in [1.807, 2.05) is 0 Å². The lowest BCUT2D eigenvalue weighted by Gasteiger charge is -2.30. The van der Waals surface area contributed by atoms with Crippen molar-refractivity contribution in [3.05, 3.63) is 81.1 Å². The van der Waals surface area contributed by atoms with Gasteiger partial charge in [-0.2, -0.15) is 8.78 Å². The largest absolute Gasteiger partial charge is 0.489 e. The fourth-order valence-electron chi connectivity index (χ4n) is 5.99. The van der Waals surface area contributed by atoms with Crippen LogP contribution in [-0.4, -0.2) is 112 Å². The molecule has 2 heterocycles. The second-order valence-corrected chi connectivity index (χ2v) is 17.5. The third-order valence-electron chi connectivity index (χ3n) is 9.06. The monoisotopic (exact) mass is 884 g/mol. The van der Waals surface area contributed by atoms with Crippen molar-refractivity contribution in [1.82, 2.24) is 14.8 Å². The number of imide groups is 1. The predicted molar refractivity (Wildman–Crippen MR) is 212 cm³/mol. The van der Waals surface area contributed by atoms with E-state index in [4.69, 9.17) is 42.1 Å². The van der Waals surface area contributed by atoms with Crippen LogP contribution in [0.25, 0.3) is 0 Å². The van der Waals surface area contributed by atoms with Crippen LogP contribution in [-0.2, 0) is 35.4 Å². The van der Waals surface area contributed by atoms with Gasteiger partial charge in [0.2, 0.25) is 10.0 Å². The van der Waals surface area contributed by atoms with E-state index in [2.05, 4.69) is 9.72 Å². The van der Waals surface area contributed by atoms with Crippen LogP contribution in [0, 0.1) is 5.92 Å². The van der Waals surface area contributed by atoms with Crippen LogP contribution in [0.5, 0.6) is 11.5 Å². The van der Waals surface area contributed by atoms with E-state index in [9.17, 15) is 36.4 Å². The molecule has 2 aliphatic rings. The Morgan fingerprint density at radius 3 is 2.25 bits per heavy atom. The quantitative estimate of drug-likeness (QED) is 0.0941. The Hall–Kier alpha value is -4.78. The minimum absolute atomic E-state index is 0.0190. The summed E-state index contributed by atoms with van der Waals surface area (Å²) in [7, 11) is -2.55. The van der Waals surface area contributed by atoms with Gasteiger partial charge in [0.15, 0.2) is 11.5 Å². The van der Waals surface area contributed by atoms with Gasteiger partial charge in [0.05, 0.1) is 52.9 Å². The smallest absolute Gasteiger partial charge is 0.410 e. The van der Waals surface area contributed by atoms with Crippen LogP contribution in [0.2, 0.25) is 10.0 Å². The highest BCUT2D eigenvalue weighted by molar-refractivity contribution is 7.92. The maximum atomic E-state index is 13.7. The summed E-state index contributed by atoms with van der Waals surface area (Å²) in [5.41, 5.74) is -0.441. The minimum atomic E-state index is -4.00. The number of anilines is 1. The SMILES string of the molecule is COCCN(CCN(c1ccc2c(c1)C(=O)N(CC(=O)OC(Cc1c(Cl)cncc1Cl)c1ccc(OC(F)F)c(OCC3CC3)c1)C2=O)S(C)(=O)=O)C(=O)OC(C)(C)C. The summed E-state index contributed by atoms with van der Waals surface area (Å²) in [5, 5.41) is 0.293. The Kier molecular flexibility index (Phi) is 14.6. The van der Waals surface area contributed by atoms with Gasteiger partial charge in [-0.1, -0.05) is 29.3 Å². The number of halogens is 4. The van der Waals surface area contributed by atoms with Crippen molar-refractivity contribution in [2.24, 2.45) is 5.92 Å². The molecule has 5 rings (SSSR count). The molecular formula is C39H44Cl2F2N4O11S. The zero-order chi connectivity index (χ0) is 43.2. The topological polar surface area (TPSA) is 171 Å². The normalized spacial score (nSPS) is 14.6. The summed E-state index contributed by atoms with van der Waals surface area (Å²) in [6, 6.07) is 7.86. The number of nitrogens with zero attached hydrogens (tertiary/aromatic N) is 4. The summed E-state index contributed by atoms with van der Waals surface area (Å²) in [4.78, 5) is 59.7. The zero-order valence-electron chi connectivity index (χ0n) is 32.9. The Balaban J connectivity index is 1.37. The van der Waals surface area contributed by atoms with Crippen molar-refractivity contribution in [2.45, 2.75) is 58.4 Å². The highest BCUT2D eigenvalue weighted by Crippen LogP contribution is 2.38. The summed E-state index contributed by atoms with van der Waals surface area (Å²) in [5.74, 6) is -2.76. The van der Waals surface area contributed by atoms with E-state index in [-0.39, 0.29) is 89.1 Å². The van der Waals surface area contributed by atoms with E-state index < -0.39 is 58.8 Å². The molecule has 0 saturated heterocycles. The standard InChI is InChI=1S/C39H44Cl2F2N4O11S/c1-39(2,3)58-38(51)45(14-15-54-4)12-13-47(59(5,52)53)25-9-10-26-27(17-25)36(50)46(35(26)49)21-34(48)56-32(18-28-29(40)19-44-20-30(28)41)24-8-11-31(57-37(42)43)33(16-24)55-22-23-6-7-23/h8-11,16-17,19-20,23,32,37H,6-7,12-15,18,21-22H2,1-5H3. The Morgan fingerprint density at radius 2 is 1.64 bits per heavy atom. The van der Waals surface area contributed by atoms with Crippen molar-refractivity contribution < 1.29 is 60.1 Å². The first kappa shape index (κ1) is 45.3. The van der Waals surface area contributed by atoms with Crippen LogP contribution in [0.3, 0.4) is 0 Å². The lowest BCUT2D eigenvalue weighted by molar-refractivity contribution is -0.149. The predicted octanol–water partition coefficient (Wildman–Crippen LogP) is 6.55. The molecule has 0 radical (unpaired) electrons. The number of amides is 3. The number of hydrogen-bond acceptors (Lipinski definition) is 12. The first-order valence-electron chi connectivity index (χ1n) is 18.4. The number of benzene rings is 2. The molecule has 3 amide bonds. The molecule has 0 bridgehead atoms. The maximum absolute atomic E-state index is 13.7. The molecule has 15 nitrogen and oxygen atoms in total. The summed E-state index contributed by atoms with van der Waals surface area (Å²) in [6.07, 6.45) is 3.45. The van der Waals surface area contributed by atoms with Gasteiger partial charge in [-0.25, -0.2) is 13.2 Å². The minimum Gasteiger partial charge on any atom is -0.489 e. The highest BCUT2D eigenvalue weighted by Gasteiger charge is 2.39. The molecule has 2 aromatic carbocycles. The number of ether oxygens (including phenoxy) is 5. The number of methoxy groups -OCH3 is 1. The second kappa shape index (κ2) is 19.1. The summed E-state index contributed by atoms with van der Waals surface area (Å²) >= 11 is 12.8. The number of alkyl halides is 2. The first-order valence-corrected chi connectivity index (χ1v) is 21.0. The Bertz CT molecular complexity index is 2150. The van der Waals surface area contributed by atoms with E-state index in [1.165, 1.54) is 60.8 Å². The van der Waals surface area contributed by atoms with Gasteiger partial charge in [-0.05, 0) is 81.0 Å². The molecule has 1 aliphatic carbocycles. The molecule has 1 aliphatic heterocycles. The van der Waals surface area contributed by atoms with Crippen molar-refractivity contribution in [3.63, 3.8) is 0 Å². The number of hydrogen-bond donors (Lipinski definition) is 0. The number of esters is 1. The molecule has 1 aromatic heterocycles. The van der Waals surface area contributed by atoms with Crippen molar-refractivity contribution in [2.75, 3.05) is 57.1 Å². The van der Waals surface area contributed by atoms with Gasteiger partial charge >= 0.3 is 18.7 Å². The maximum Gasteiger partial charge on any atom is 0.410 e. The van der Waals surface area contributed by atoms with Crippen molar-refractivity contribution in [3.8, 4) is 11.5 Å². The van der Waals surface area contributed by atoms with Crippen molar-refractivity contribution in [1.29, 1.82) is 0 Å². The van der Waals surface area contributed by atoms with Gasteiger partial charge in [0.25, 0.3) is 11.8 Å². The van der Waals surface area contributed by atoms with Crippen molar-refractivity contribution >= 4 is 62.8 Å². The fourth-order valence-corrected chi connectivity index (χ4v) is 7.42.